The number of rotatable bonds is 9. The van der Waals surface area contributed by atoms with Crippen molar-refractivity contribution >= 4 is 33.3 Å². The highest BCUT2D eigenvalue weighted by Gasteiger charge is 2.38. The van der Waals surface area contributed by atoms with Gasteiger partial charge in [0.2, 0.25) is 0 Å². The molecule has 4 N–H and O–H groups in total. The second-order valence-electron chi connectivity index (χ2n) is 8.15. The predicted molar refractivity (Wildman–Crippen MR) is 138 cm³/mol. The van der Waals surface area contributed by atoms with E-state index < -0.39 is 22.2 Å². The molecule has 1 aliphatic heterocycles. The highest BCUT2D eigenvalue weighted by molar-refractivity contribution is 7.92. The number of sulfonamides is 1. The zero-order valence-corrected chi connectivity index (χ0v) is 22.4. The molecule has 0 aromatic heterocycles. The molecule has 2 aromatic rings. The molecule has 0 bridgehead atoms. The molecule has 11 nitrogen and oxygen atoms in total. The fourth-order valence-corrected chi connectivity index (χ4v) is 4.55. The van der Waals surface area contributed by atoms with E-state index in [0.29, 0.717) is 29.3 Å². The number of alkyl halides is 3. The summed E-state index contributed by atoms with van der Waals surface area (Å²) in [4.78, 5) is 23.5. The summed E-state index contributed by atoms with van der Waals surface area (Å²) in [6.45, 7) is 5.56. The van der Waals surface area contributed by atoms with Crippen LogP contribution in [0.25, 0.3) is 0 Å². The average Bonchev–Trinajstić information content (AvgIpc) is 2.91. The van der Waals surface area contributed by atoms with Crippen LogP contribution < -0.4 is 29.7 Å². The van der Waals surface area contributed by atoms with Crippen molar-refractivity contribution in [2.45, 2.75) is 24.4 Å². The number of aliphatic carboxylic acids is 1. The van der Waals surface area contributed by atoms with Gasteiger partial charge < -0.3 is 30.1 Å². The number of ether oxygens (including phenoxy) is 2. The second-order valence-corrected chi connectivity index (χ2v) is 9.83. The minimum atomic E-state index is -5.08. The van der Waals surface area contributed by atoms with E-state index in [4.69, 9.17) is 19.4 Å². The van der Waals surface area contributed by atoms with Crippen molar-refractivity contribution in [2.24, 2.45) is 0 Å². The summed E-state index contributed by atoms with van der Waals surface area (Å²) in [6, 6.07) is 9.49. The topological polar surface area (TPSA) is 146 Å². The highest BCUT2D eigenvalue weighted by atomic mass is 32.2. The Bertz CT molecular complexity index is 1250. The van der Waals surface area contributed by atoms with Gasteiger partial charge in [-0.25, -0.2) is 13.2 Å². The molecule has 216 valence electrons. The summed E-state index contributed by atoms with van der Waals surface area (Å²) in [5.41, 5.74) is 1.47. The first-order chi connectivity index (χ1) is 18.3. The maximum atomic E-state index is 13.2. The number of carboxylic acids is 1. The number of nitrogens with zero attached hydrogens (tertiary/aromatic N) is 1. The standard InChI is InChI=1S/C22H30N4O5S.C2HF3O2/c1-4-9-24-22(27)16-5-7-19(26-12-10-23-11-13-26)18(14-16)25-32(28,29)17-6-8-20(30-2)21(15-17)31-3;3-2(4,5)1(6)7/h5-8,14-15,23,25H,4,9-13H2,1-3H3,(H,24,27);(H,6,7). The van der Waals surface area contributed by atoms with E-state index in [0.717, 1.165) is 38.3 Å². The van der Waals surface area contributed by atoms with E-state index in [1.807, 2.05) is 6.92 Å². The molecular weight excluding hydrogens is 545 g/mol. The van der Waals surface area contributed by atoms with Crippen molar-refractivity contribution in [1.82, 2.24) is 10.6 Å². The number of halogens is 3. The molecule has 0 spiro atoms. The van der Waals surface area contributed by atoms with Crippen LogP contribution in [0.15, 0.2) is 41.3 Å². The van der Waals surface area contributed by atoms with Crippen LogP contribution in [0.3, 0.4) is 0 Å². The fraction of sp³-hybridized carbons (Fsp3) is 0.417. The molecule has 15 heteroatoms. The Morgan fingerprint density at radius 2 is 1.67 bits per heavy atom. The maximum absolute atomic E-state index is 13.2. The lowest BCUT2D eigenvalue weighted by Crippen LogP contribution is -2.43. The number of carbonyl (C=O) groups is 2. The van der Waals surface area contributed by atoms with Crippen LogP contribution in [0.5, 0.6) is 11.5 Å². The van der Waals surface area contributed by atoms with Crippen LogP contribution in [0, 0.1) is 0 Å². The van der Waals surface area contributed by atoms with Crippen molar-refractivity contribution in [3.63, 3.8) is 0 Å². The molecule has 1 saturated heterocycles. The molecule has 0 atom stereocenters. The third kappa shape index (κ3) is 8.92. The van der Waals surface area contributed by atoms with E-state index in [2.05, 4.69) is 20.3 Å². The van der Waals surface area contributed by atoms with Crippen molar-refractivity contribution in [1.29, 1.82) is 0 Å². The quantitative estimate of drug-likeness (QED) is 0.354. The molecule has 0 saturated carbocycles. The third-order valence-electron chi connectivity index (χ3n) is 5.40. The van der Waals surface area contributed by atoms with Crippen LogP contribution >= 0.6 is 0 Å². The molecule has 1 heterocycles. The Morgan fingerprint density at radius 3 is 2.21 bits per heavy atom. The number of anilines is 2. The highest BCUT2D eigenvalue weighted by Crippen LogP contribution is 2.33. The SMILES string of the molecule is CCCNC(=O)c1ccc(N2CCNCC2)c(NS(=O)(=O)c2ccc(OC)c(OC)c2)c1.O=C(O)C(F)(F)F. The van der Waals surface area contributed by atoms with Gasteiger partial charge in [0.1, 0.15) is 0 Å². The number of hydrogen-bond donors (Lipinski definition) is 4. The summed E-state index contributed by atoms with van der Waals surface area (Å²) in [6.07, 6.45) is -4.27. The third-order valence-corrected chi connectivity index (χ3v) is 6.77. The number of methoxy groups -OCH3 is 2. The smallest absolute Gasteiger partial charge is 0.490 e. The minimum Gasteiger partial charge on any atom is -0.493 e. The zero-order valence-electron chi connectivity index (χ0n) is 21.6. The van der Waals surface area contributed by atoms with E-state index >= 15 is 0 Å². The molecular formula is C24H31F3N4O7S. The lowest BCUT2D eigenvalue weighted by molar-refractivity contribution is -0.192. The number of nitrogens with one attached hydrogen (secondary N) is 3. The number of benzene rings is 2. The molecule has 0 radical (unpaired) electrons. The largest absolute Gasteiger partial charge is 0.493 e. The number of amides is 1. The van der Waals surface area contributed by atoms with Crippen molar-refractivity contribution in [3.8, 4) is 11.5 Å². The van der Waals surface area contributed by atoms with Gasteiger partial charge in [0.05, 0.1) is 30.5 Å². The summed E-state index contributed by atoms with van der Waals surface area (Å²) in [5.74, 6) is -2.26. The molecule has 1 fully saturated rings. The number of carboxylic acid groups (broad SMARTS) is 1. The van der Waals surface area contributed by atoms with Crippen LogP contribution in [0.1, 0.15) is 23.7 Å². The van der Waals surface area contributed by atoms with E-state index in [-0.39, 0.29) is 10.8 Å². The van der Waals surface area contributed by atoms with Gasteiger partial charge in [-0.2, -0.15) is 13.2 Å². The van der Waals surface area contributed by atoms with Crippen molar-refractivity contribution < 1.29 is 45.8 Å². The monoisotopic (exact) mass is 576 g/mol. The molecule has 0 unspecified atom stereocenters. The van der Waals surface area contributed by atoms with Crippen LogP contribution in [0.4, 0.5) is 24.5 Å². The Kier molecular flexibility index (Phi) is 11.2. The van der Waals surface area contributed by atoms with Crippen LogP contribution in [-0.2, 0) is 14.8 Å². The van der Waals surface area contributed by atoms with E-state index in [1.165, 1.54) is 26.4 Å². The molecule has 0 aliphatic carbocycles. The minimum absolute atomic E-state index is 0.0299. The van der Waals surface area contributed by atoms with Gasteiger partial charge in [-0.15, -0.1) is 0 Å². The fourth-order valence-electron chi connectivity index (χ4n) is 3.47. The lowest BCUT2D eigenvalue weighted by Gasteiger charge is -2.31. The lowest BCUT2D eigenvalue weighted by atomic mass is 10.1. The average molecular weight is 577 g/mol. The Morgan fingerprint density at radius 1 is 1.05 bits per heavy atom. The molecule has 1 amide bonds. The Hall–Kier alpha value is -3.72. The summed E-state index contributed by atoms with van der Waals surface area (Å²) in [7, 11) is -1.02. The Labute approximate surface area is 224 Å². The van der Waals surface area contributed by atoms with E-state index in [1.54, 1.807) is 24.3 Å². The molecule has 1 aliphatic rings. The van der Waals surface area contributed by atoms with Crippen LogP contribution in [0.2, 0.25) is 0 Å². The van der Waals surface area contributed by atoms with Crippen molar-refractivity contribution in [2.75, 3.05) is 56.6 Å². The first-order valence-corrected chi connectivity index (χ1v) is 13.2. The van der Waals surface area contributed by atoms with Crippen LogP contribution in [-0.4, -0.2) is 78.5 Å². The summed E-state index contributed by atoms with van der Waals surface area (Å²) < 4.78 is 71.3. The van der Waals surface area contributed by atoms with Gasteiger partial charge in [-0.1, -0.05) is 6.92 Å². The second kappa shape index (κ2) is 13.9. The van der Waals surface area contributed by atoms with Gasteiger partial charge in [0.15, 0.2) is 11.5 Å². The molecule has 2 aromatic carbocycles. The van der Waals surface area contributed by atoms with E-state index in [9.17, 15) is 26.4 Å². The van der Waals surface area contributed by atoms with Gasteiger partial charge in [-0.05, 0) is 36.8 Å². The van der Waals surface area contributed by atoms with Gasteiger partial charge >= 0.3 is 12.1 Å². The van der Waals surface area contributed by atoms with Gasteiger partial charge in [0, 0.05) is 44.4 Å². The molecule has 3 rings (SSSR count). The Balaban J connectivity index is 0.000000673. The molecule has 39 heavy (non-hydrogen) atoms. The van der Waals surface area contributed by atoms with Gasteiger partial charge in [-0.3, -0.25) is 9.52 Å². The van der Waals surface area contributed by atoms with Gasteiger partial charge in [0.25, 0.3) is 15.9 Å². The first-order valence-electron chi connectivity index (χ1n) is 11.8. The van der Waals surface area contributed by atoms with Crippen molar-refractivity contribution in [3.05, 3.63) is 42.0 Å². The number of hydrogen-bond acceptors (Lipinski definition) is 8. The summed E-state index contributed by atoms with van der Waals surface area (Å²) >= 11 is 0. The number of piperazine rings is 1. The number of carbonyl (C=O) groups excluding carboxylic acids is 1. The maximum Gasteiger partial charge on any atom is 0.490 e. The zero-order chi connectivity index (χ0) is 29.2. The summed E-state index contributed by atoms with van der Waals surface area (Å²) in [5, 5.41) is 13.2. The normalized spacial score (nSPS) is 13.5. The predicted octanol–water partition coefficient (Wildman–Crippen LogP) is 2.69. The first kappa shape index (κ1) is 31.5.